The Morgan fingerprint density at radius 2 is 2.08 bits per heavy atom. The fourth-order valence-electron chi connectivity index (χ4n) is 3.24. The first-order chi connectivity index (χ1) is 12.5. The number of ether oxygens (including phenoxy) is 1. The molecule has 2 aromatic rings. The second-order valence-electron chi connectivity index (χ2n) is 6.03. The number of carbonyl (C=O) groups is 3. The minimum Gasteiger partial charge on any atom is -0.461 e. The Morgan fingerprint density at radius 3 is 2.73 bits per heavy atom. The Labute approximate surface area is 159 Å². The van der Waals surface area contributed by atoms with Crippen LogP contribution in [0.25, 0.3) is 0 Å². The van der Waals surface area contributed by atoms with Gasteiger partial charge in [-0.15, -0.1) is 0 Å². The summed E-state index contributed by atoms with van der Waals surface area (Å²) in [5, 5.41) is 0. The Bertz CT molecular complexity index is 817. The van der Waals surface area contributed by atoms with Gasteiger partial charge in [-0.05, 0) is 36.2 Å². The molecule has 1 aromatic carbocycles. The summed E-state index contributed by atoms with van der Waals surface area (Å²) in [5.41, 5.74) is 0.723. The Balaban J connectivity index is 2.01. The molecular formula is C19H18BrNO5. The average molecular weight is 420 g/mol. The number of carbonyl (C=O) groups excluding carboxylic acids is 3. The van der Waals surface area contributed by atoms with Crippen LogP contribution in [0.1, 0.15) is 28.6 Å². The van der Waals surface area contributed by atoms with Gasteiger partial charge in [0.25, 0.3) is 5.91 Å². The van der Waals surface area contributed by atoms with Gasteiger partial charge in [-0.25, -0.2) is 0 Å². The van der Waals surface area contributed by atoms with E-state index < -0.39 is 29.4 Å². The van der Waals surface area contributed by atoms with Gasteiger partial charge < -0.3 is 14.1 Å². The molecule has 1 aliphatic rings. The van der Waals surface area contributed by atoms with Gasteiger partial charge in [0.05, 0.1) is 12.3 Å². The summed E-state index contributed by atoms with van der Waals surface area (Å²) in [6, 6.07) is 9.72. The maximum absolute atomic E-state index is 12.9. The lowest BCUT2D eigenvalue weighted by Gasteiger charge is -2.27. The SMILES string of the molecule is COCCCN1C(=O)C(=O)C(C(=O)c2ccco2)C1c1cccc(Br)c1. The summed E-state index contributed by atoms with van der Waals surface area (Å²) < 4.78 is 11.0. The standard InChI is InChI=1S/C19H18BrNO5/c1-25-9-4-8-21-16(12-5-2-6-13(20)11-12)15(18(23)19(21)24)17(22)14-7-3-10-26-14/h2-3,5-7,10-11,15-16H,4,8-9H2,1H3. The zero-order chi connectivity index (χ0) is 18.7. The van der Waals surface area contributed by atoms with E-state index in [2.05, 4.69) is 15.9 Å². The first kappa shape index (κ1) is 18.5. The molecule has 0 aliphatic carbocycles. The number of rotatable bonds is 7. The monoisotopic (exact) mass is 419 g/mol. The lowest BCUT2D eigenvalue weighted by molar-refractivity contribution is -0.140. The summed E-state index contributed by atoms with van der Waals surface area (Å²) in [7, 11) is 1.58. The van der Waals surface area contributed by atoms with Crippen LogP contribution in [0.15, 0.2) is 51.6 Å². The molecule has 3 rings (SSSR count). The van der Waals surface area contributed by atoms with Crippen molar-refractivity contribution >= 4 is 33.4 Å². The van der Waals surface area contributed by atoms with Crippen molar-refractivity contribution in [3.05, 3.63) is 58.5 Å². The van der Waals surface area contributed by atoms with Gasteiger partial charge in [0, 0.05) is 24.7 Å². The van der Waals surface area contributed by atoms with Gasteiger partial charge in [0.2, 0.25) is 11.6 Å². The van der Waals surface area contributed by atoms with Crippen LogP contribution in [0.3, 0.4) is 0 Å². The third-order valence-electron chi connectivity index (χ3n) is 4.39. The van der Waals surface area contributed by atoms with Crippen LogP contribution < -0.4 is 0 Å². The molecule has 1 amide bonds. The van der Waals surface area contributed by atoms with Crippen LogP contribution in [0.4, 0.5) is 0 Å². The van der Waals surface area contributed by atoms with E-state index in [4.69, 9.17) is 9.15 Å². The number of benzene rings is 1. The zero-order valence-electron chi connectivity index (χ0n) is 14.2. The minimum absolute atomic E-state index is 0.0786. The molecule has 2 unspecified atom stereocenters. The first-order valence-electron chi connectivity index (χ1n) is 8.21. The van der Waals surface area contributed by atoms with E-state index in [1.165, 1.54) is 17.2 Å². The molecule has 2 heterocycles. The molecule has 6 nitrogen and oxygen atoms in total. The summed E-state index contributed by atoms with van der Waals surface area (Å²) in [6.45, 7) is 0.789. The molecule has 136 valence electrons. The smallest absolute Gasteiger partial charge is 0.291 e. The number of halogens is 1. The molecule has 2 atom stereocenters. The van der Waals surface area contributed by atoms with E-state index in [0.717, 1.165) is 10.0 Å². The number of ketones is 2. The number of furan rings is 1. The van der Waals surface area contributed by atoms with Gasteiger partial charge in [-0.1, -0.05) is 28.1 Å². The predicted octanol–water partition coefficient (Wildman–Crippen LogP) is 3.03. The quantitative estimate of drug-likeness (QED) is 0.298. The molecule has 0 bridgehead atoms. The van der Waals surface area contributed by atoms with Gasteiger partial charge in [0.1, 0.15) is 5.92 Å². The highest BCUT2D eigenvalue weighted by Gasteiger charge is 2.52. The maximum Gasteiger partial charge on any atom is 0.291 e. The average Bonchev–Trinajstić information content (AvgIpc) is 3.24. The summed E-state index contributed by atoms with van der Waals surface area (Å²) in [4.78, 5) is 39.6. The van der Waals surface area contributed by atoms with E-state index in [1.54, 1.807) is 13.2 Å². The lowest BCUT2D eigenvalue weighted by atomic mass is 9.88. The number of amides is 1. The molecule has 0 radical (unpaired) electrons. The van der Waals surface area contributed by atoms with Crippen molar-refractivity contribution in [1.29, 1.82) is 0 Å². The van der Waals surface area contributed by atoms with E-state index in [-0.39, 0.29) is 5.76 Å². The highest BCUT2D eigenvalue weighted by Crippen LogP contribution is 2.39. The number of hydrogen-bond donors (Lipinski definition) is 0. The fourth-order valence-corrected chi connectivity index (χ4v) is 3.66. The molecule has 0 saturated carbocycles. The van der Waals surface area contributed by atoms with Crippen molar-refractivity contribution in [1.82, 2.24) is 4.90 Å². The molecule has 1 fully saturated rings. The molecule has 7 heteroatoms. The zero-order valence-corrected chi connectivity index (χ0v) is 15.8. The predicted molar refractivity (Wildman–Crippen MR) is 96.6 cm³/mol. The Kier molecular flexibility index (Phi) is 5.68. The van der Waals surface area contributed by atoms with Gasteiger partial charge >= 0.3 is 0 Å². The summed E-state index contributed by atoms with van der Waals surface area (Å²) in [6.07, 6.45) is 1.95. The van der Waals surface area contributed by atoms with E-state index in [1.807, 2.05) is 24.3 Å². The van der Waals surface area contributed by atoms with Crippen molar-refractivity contribution in [3.63, 3.8) is 0 Å². The second kappa shape index (κ2) is 7.97. The topological polar surface area (TPSA) is 76.8 Å². The molecule has 0 spiro atoms. The number of likely N-dealkylation sites (tertiary alicyclic amines) is 1. The summed E-state index contributed by atoms with van der Waals surface area (Å²) >= 11 is 3.41. The molecule has 1 aromatic heterocycles. The second-order valence-corrected chi connectivity index (χ2v) is 6.94. The van der Waals surface area contributed by atoms with Gasteiger partial charge in [0.15, 0.2) is 5.76 Å². The normalized spacial score (nSPS) is 20.0. The Morgan fingerprint density at radius 1 is 1.27 bits per heavy atom. The van der Waals surface area contributed by atoms with Crippen molar-refractivity contribution in [2.45, 2.75) is 12.5 Å². The number of hydrogen-bond acceptors (Lipinski definition) is 5. The molecule has 0 N–H and O–H groups in total. The maximum atomic E-state index is 12.9. The van der Waals surface area contributed by atoms with E-state index in [0.29, 0.717) is 19.6 Å². The summed E-state index contributed by atoms with van der Waals surface area (Å²) in [5.74, 6) is -2.86. The van der Waals surface area contributed by atoms with Crippen LogP contribution in [0.5, 0.6) is 0 Å². The fraction of sp³-hybridized carbons (Fsp3) is 0.316. The minimum atomic E-state index is -1.12. The molecular weight excluding hydrogens is 402 g/mol. The van der Waals surface area contributed by atoms with Crippen molar-refractivity contribution < 1.29 is 23.5 Å². The number of nitrogens with zero attached hydrogens (tertiary/aromatic N) is 1. The van der Waals surface area contributed by atoms with Crippen LogP contribution in [-0.2, 0) is 14.3 Å². The van der Waals surface area contributed by atoms with Gasteiger partial charge in [-0.2, -0.15) is 0 Å². The number of Topliss-reactive ketones (excluding diaryl/α,β-unsaturated/α-hetero) is 2. The third-order valence-corrected chi connectivity index (χ3v) is 4.88. The lowest BCUT2D eigenvalue weighted by Crippen LogP contribution is -2.32. The molecule has 1 aliphatic heterocycles. The van der Waals surface area contributed by atoms with Crippen LogP contribution >= 0.6 is 15.9 Å². The van der Waals surface area contributed by atoms with E-state index in [9.17, 15) is 14.4 Å². The van der Waals surface area contributed by atoms with E-state index >= 15 is 0 Å². The van der Waals surface area contributed by atoms with Gasteiger partial charge in [-0.3, -0.25) is 14.4 Å². The third kappa shape index (κ3) is 3.50. The molecule has 26 heavy (non-hydrogen) atoms. The largest absolute Gasteiger partial charge is 0.461 e. The molecule has 1 saturated heterocycles. The van der Waals surface area contributed by atoms with Crippen LogP contribution in [-0.4, -0.2) is 42.6 Å². The van der Waals surface area contributed by atoms with Crippen molar-refractivity contribution in [2.75, 3.05) is 20.3 Å². The Hall–Kier alpha value is -2.25. The highest BCUT2D eigenvalue weighted by molar-refractivity contribution is 9.10. The number of methoxy groups -OCH3 is 1. The van der Waals surface area contributed by atoms with Crippen molar-refractivity contribution in [3.8, 4) is 0 Å². The highest BCUT2D eigenvalue weighted by atomic mass is 79.9. The first-order valence-corrected chi connectivity index (χ1v) is 9.01. The van der Waals surface area contributed by atoms with Crippen molar-refractivity contribution in [2.24, 2.45) is 5.92 Å². The van der Waals surface area contributed by atoms with Crippen LogP contribution in [0.2, 0.25) is 0 Å². The van der Waals surface area contributed by atoms with Crippen LogP contribution in [0, 0.1) is 5.92 Å².